The van der Waals surface area contributed by atoms with Crippen LogP contribution in [-0.4, -0.2) is 44.0 Å². The van der Waals surface area contributed by atoms with Crippen molar-refractivity contribution in [3.63, 3.8) is 0 Å². The largest absolute Gasteiger partial charge is 0.376 e. The van der Waals surface area contributed by atoms with Gasteiger partial charge in [-0.3, -0.25) is 10.2 Å². The van der Waals surface area contributed by atoms with Gasteiger partial charge in [0.25, 0.3) is 5.91 Å². The molecule has 8 nitrogen and oxygen atoms in total. The van der Waals surface area contributed by atoms with Gasteiger partial charge in [-0.05, 0) is 37.5 Å². The Morgan fingerprint density at radius 2 is 1.91 bits per heavy atom. The molecule has 184 valence electrons. The fourth-order valence-corrected chi connectivity index (χ4v) is 6.47. The lowest BCUT2D eigenvalue weighted by atomic mass is 10.0. The van der Waals surface area contributed by atoms with Crippen LogP contribution < -0.4 is 11.3 Å². The van der Waals surface area contributed by atoms with Gasteiger partial charge in [0, 0.05) is 23.7 Å². The summed E-state index contributed by atoms with van der Waals surface area (Å²) < 4.78 is 68.7. The number of nitrogens with one attached hydrogen (secondary N) is 1. The summed E-state index contributed by atoms with van der Waals surface area (Å²) >= 11 is 0. The van der Waals surface area contributed by atoms with E-state index in [4.69, 9.17) is 15.3 Å². The van der Waals surface area contributed by atoms with Crippen LogP contribution >= 0.6 is 0 Å². The van der Waals surface area contributed by atoms with Gasteiger partial charge in [0.15, 0.2) is 6.10 Å². The molecule has 0 radical (unpaired) electrons. The highest BCUT2D eigenvalue weighted by Crippen LogP contribution is 2.38. The normalized spacial score (nSPS) is 23.8. The summed E-state index contributed by atoms with van der Waals surface area (Å²) in [6, 6.07) is 10.2. The number of sulfonamides is 1. The number of halogens is 2. The highest BCUT2D eigenvalue weighted by Gasteiger charge is 2.41. The minimum Gasteiger partial charge on any atom is -0.376 e. The molecule has 3 N–H and O–H groups in total. The Balaban J connectivity index is 1.62. The first-order chi connectivity index (χ1) is 16.2. The van der Waals surface area contributed by atoms with Gasteiger partial charge in [-0.15, -0.1) is 0 Å². The van der Waals surface area contributed by atoms with Crippen LogP contribution in [0.2, 0.25) is 0 Å². The van der Waals surface area contributed by atoms with Gasteiger partial charge in [-0.2, -0.15) is 4.31 Å². The number of rotatable bonds is 7. The lowest BCUT2D eigenvalue weighted by molar-refractivity contribution is -0.169. The lowest BCUT2D eigenvalue weighted by Crippen LogP contribution is -2.45. The number of hydrazine groups is 1. The molecule has 0 saturated carbocycles. The highest BCUT2D eigenvalue weighted by atomic mass is 32.2. The average molecular weight is 496 g/mol. The molecule has 2 aromatic rings. The molecule has 34 heavy (non-hydrogen) atoms. The summed E-state index contributed by atoms with van der Waals surface area (Å²) in [6.45, 7) is 1.87. The maximum absolute atomic E-state index is 15.1. The number of nitrogens with two attached hydrogens (primary N) is 1. The minimum atomic E-state index is -3.82. The van der Waals surface area contributed by atoms with Crippen molar-refractivity contribution in [2.24, 2.45) is 5.84 Å². The number of nitrogens with zero attached hydrogens (tertiary/aromatic N) is 1. The maximum atomic E-state index is 15.1. The summed E-state index contributed by atoms with van der Waals surface area (Å²) in [5.41, 5.74) is 2.10. The van der Waals surface area contributed by atoms with Gasteiger partial charge in [0.05, 0.1) is 13.2 Å². The molecule has 4 rings (SSSR count). The number of amides is 1. The minimum absolute atomic E-state index is 0.135. The van der Waals surface area contributed by atoms with Crippen molar-refractivity contribution in [3.05, 3.63) is 70.8 Å². The second-order valence-electron chi connectivity index (χ2n) is 8.57. The van der Waals surface area contributed by atoms with Crippen LogP contribution in [0, 0.1) is 11.6 Å². The first kappa shape index (κ1) is 24.7. The zero-order valence-electron chi connectivity index (χ0n) is 18.6. The van der Waals surface area contributed by atoms with E-state index in [1.54, 1.807) is 37.3 Å². The SMILES string of the molecule is C[C@H]1CC[C@H](c2ccccc2)S(=O)(=O)N1Cc1cc(F)c(C(OC2COC2)C(=O)NN)cc1F. The topological polar surface area (TPSA) is 111 Å². The van der Waals surface area contributed by atoms with E-state index in [0.717, 1.165) is 12.1 Å². The average Bonchev–Trinajstić information content (AvgIpc) is 2.78. The molecule has 2 aliphatic rings. The molecule has 11 heteroatoms. The van der Waals surface area contributed by atoms with Crippen molar-refractivity contribution in [1.82, 2.24) is 9.73 Å². The summed E-state index contributed by atoms with van der Waals surface area (Å²) in [5, 5.41) is -0.757. The molecule has 0 spiro atoms. The third kappa shape index (κ3) is 4.84. The zero-order valence-corrected chi connectivity index (χ0v) is 19.4. The zero-order chi connectivity index (χ0) is 24.5. The van der Waals surface area contributed by atoms with Gasteiger partial charge in [-0.25, -0.2) is 23.0 Å². The lowest BCUT2D eigenvalue weighted by Gasteiger charge is -2.37. The highest BCUT2D eigenvalue weighted by molar-refractivity contribution is 7.89. The van der Waals surface area contributed by atoms with E-state index in [2.05, 4.69) is 0 Å². The van der Waals surface area contributed by atoms with Gasteiger partial charge in [0.2, 0.25) is 10.0 Å². The van der Waals surface area contributed by atoms with Gasteiger partial charge < -0.3 is 9.47 Å². The van der Waals surface area contributed by atoms with Crippen molar-refractivity contribution >= 4 is 15.9 Å². The molecule has 2 heterocycles. The van der Waals surface area contributed by atoms with Crippen LogP contribution in [0.15, 0.2) is 42.5 Å². The monoisotopic (exact) mass is 495 g/mol. The summed E-state index contributed by atoms with van der Waals surface area (Å²) in [4.78, 5) is 12.2. The second-order valence-corrected chi connectivity index (χ2v) is 10.6. The van der Waals surface area contributed by atoms with E-state index < -0.39 is 45.0 Å². The predicted octanol–water partition coefficient (Wildman–Crippen LogP) is 2.47. The molecule has 2 fully saturated rings. The van der Waals surface area contributed by atoms with Crippen LogP contribution in [0.5, 0.6) is 0 Å². The van der Waals surface area contributed by atoms with Crippen LogP contribution in [0.1, 0.15) is 47.8 Å². The van der Waals surface area contributed by atoms with Crippen molar-refractivity contribution in [2.45, 2.75) is 49.8 Å². The smallest absolute Gasteiger partial charge is 0.267 e. The Morgan fingerprint density at radius 3 is 2.53 bits per heavy atom. The van der Waals surface area contributed by atoms with E-state index in [1.807, 2.05) is 5.43 Å². The van der Waals surface area contributed by atoms with Crippen molar-refractivity contribution in [3.8, 4) is 0 Å². The van der Waals surface area contributed by atoms with E-state index in [9.17, 15) is 13.2 Å². The Morgan fingerprint density at radius 1 is 1.21 bits per heavy atom. The third-order valence-electron chi connectivity index (χ3n) is 6.29. The molecule has 1 unspecified atom stereocenters. The Bertz CT molecular complexity index is 1140. The number of ether oxygens (including phenoxy) is 2. The Kier molecular flexibility index (Phi) is 7.29. The summed E-state index contributed by atoms with van der Waals surface area (Å²) in [7, 11) is -3.82. The quantitative estimate of drug-likeness (QED) is 0.347. The van der Waals surface area contributed by atoms with Crippen molar-refractivity contribution in [1.29, 1.82) is 0 Å². The van der Waals surface area contributed by atoms with Crippen molar-refractivity contribution < 1.29 is 31.5 Å². The molecule has 0 bridgehead atoms. The second kappa shape index (κ2) is 10.0. The first-order valence-corrected chi connectivity index (χ1v) is 12.5. The Hall–Kier alpha value is -2.44. The van der Waals surface area contributed by atoms with Crippen LogP contribution in [0.25, 0.3) is 0 Å². The standard InChI is InChI=1S/C23H27F2N3O5S/c1-14-7-8-21(15-5-3-2-4-6-15)34(30,31)28(14)11-16-9-20(25)18(10-19(16)24)22(23(29)27-26)33-17-12-32-13-17/h2-6,9-10,14,17,21-22H,7-8,11-13,26H2,1H3,(H,27,29)/t14-,21+,22?/m0/s1. The van der Waals surface area contributed by atoms with E-state index in [0.29, 0.717) is 18.4 Å². The summed E-state index contributed by atoms with van der Waals surface area (Å²) in [6.07, 6.45) is -0.893. The molecule has 2 aliphatic heterocycles. The fraction of sp³-hybridized carbons (Fsp3) is 0.435. The molecule has 0 aromatic heterocycles. The molecule has 2 saturated heterocycles. The van der Waals surface area contributed by atoms with E-state index in [-0.39, 0.29) is 36.9 Å². The number of hydrogen-bond donors (Lipinski definition) is 2. The van der Waals surface area contributed by atoms with Crippen molar-refractivity contribution in [2.75, 3.05) is 13.2 Å². The van der Waals surface area contributed by atoms with Crippen LogP contribution in [0.4, 0.5) is 8.78 Å². The number of carbonyl (C=O) groups excluding carboxylic acids is 1. The molecule has 1 amide bonds. The fourth-order valence-electron chi connectivity index (χ4n) is 4.28. The van der Waals surface area contributed by atoms with Gasteiger partial charge in [0.1, 0.15) is 23.0 Å². The number of hydrogen-bond acceptors (Lipinski definition) is 6. The molecular formula is C23H27F2N3O5S. The molecule has 0 aliphatic carbocycles. The molecule has 3 atom stereocenters. The van der Waals surface area contributed by atoms with Gasteiger partial charge >= 0.3 is 0 Å². The third-order valence-corrected chi connectivity index (χ3v) is 8.66. The number of carbonyl (C=O) groups is 1. The number of benzene rings is 2. The molecular weight excluding hydrogens is 468 g/mol. The summed E-state index contributed by atoms with van der Waals surface area (Å²) in [5.74, 6) is 2.62. The van der Waals surface area contributed by atoms with E-state index in [1.165, 1.54) is 4.31 Å². The van der Waals surface area contributed by atoms with E-state index >= 15 is 8.78 Å². The van der Waals surface area contributed by atoms with Gasteiger partial charge in [-0.1, -0.05) is 30.3 Å². The Labute approximate surface area is 197 Å². The maximum Gasteiger partial charge on any atom is 0.267 e. The molecule has 2 aromatic carbocycles. The first-order valence-electron chi connectivity index (χ1n) is 11.0. The van der Waals surface area contributed by atoms with Crippen LogP contribution in [0.3, 0.4) is 0 Å². The van der Waals surface area contributed by atoms with Crippen LogP contribution in [-0.2, 0) is 30.8 Å². The predicted molar refractivity (Wildman–Crippen MR) is 119 cm³/mol.